The van der Waals surface area contributed by atoms with E-state index in [2.05, 4.69) is 0 Å². The number of carbonyl (C=O) groups is 1. The third-order valence-electron chi connectivity index (χ3n) is 8.40. The van der Waals surface area contributed by atoms with Crippen molar-refractivity contribution < 1.29 is 17.6 Å². The molecule has 0 heterocycles. The van der Waals surface area contributed by atoms with Crippen molar-refractivity contribution in [3.8, 4) is 0 Å². The van der Waals surface area contributed by atoms with Crippen LogP contribution in [-0.4, -0.2) is 25.5 Å². The first-order chi connectivity index (χ1) is 13.7. The number of sulfone groups is 1. The Morgan fingerprint density at radius 2 is 1.73 bits per heavy atom. The van der Waals surface area contributed by atoms with Crippen LogP contribution in [0.1, 0.15) is 57.8 Å². The molecule has 2 unspecified atom stereocenters. The van der Waals surface area contributed by atoms with Crippen LogP contribution in [0.15, 0.2) is 29.2 Å². The van der Waals surface area contributed by atoms with Crippen LogP contribution >= 0.6 is 12.4 Å². The standard InChI is InChI=1S/C23H30FNO3S.ClH/c24-19-3-1-2-4-20(19)29(27,28)8-7-22(5-6-22)21(26)11-18-16-9-15-10-17(18)14-23(25,12-15)13-16;/h1-4,15-18H,5-14,25H2;1H. The van der Waals surface area contributed by atoms with Crippen molar-refractivity contribution in [3.05, 3.63) is 30.1 Å². The molecular formula is C23H31ClFNO3S. The smallest absolute Gasteiger partial charge is 0.181 e. The van der Waals surface area contributed by atoms with Gasteiger partial charge in [-0.25, -0.2) is 12.8 Å². The fourth-order valence-electron chi connectivity index (χ4n) is 6.91. The van der Waals surface area contributed by atoms with Crippen LogP contribution in [0.3, 0.4) is 0 Å². The van der Waals surface area contributed by atoms with Gasteiger partial charge in [-0.3, -0.25) is 4.79 Å². The topological polar surface area (TPSA) is 77.2 Å². The third kappa shape index (κ3) is 3.84. The Labute approximate surface area is 184 Å². The molecule has 5 fully saturated rings. The number of hydrogen-bond acceptors (Lipinski definition) is 4. The van der Waals surface area contributed by atoms with Gasteiger partial charge in [-0.15, -0.1) is 12.4 Å². The fraction of sp³-hybridized carbons (Fsp3) is 0.696. The largest absolute Gasteiger partial charge is 0.325 e. The molecule has 0 spiro atoms. The highest BCUT2D eigenvalue weighted by molar-refractivity contribution is 7.91. The van der Waals surface area contributed by atoms with Crippen LogP contribution in [-0.2, 0) is 14.6 Å². The zero-order valence-corrected chi connectivity index (χ0v) is 18.8. The van der Waals surface area contributed by atoms with Crippen molar-refractivity contribution in [2.24, 2.45) is 34.8 Å². The molecule has 7 heteroatoms. The Morgan fingerprint density at radius 3 is 2.30 bits per heavy atom. The molecule has 0 amide bonds. The van der Waals surface area contributed by atoms with Crippen molar-refractivity contribution in [3.63, 3.8) is 0 Å². The number of carbonyl (C=O) groups excluding carboxylic acids is 1. The van der Waals surface area contributed by atoms with Gasteiger partial charge in [-0.2, -0.15) is 0 Å². The van der Waals surface area contributed by atoms with Gasteiger partial charge in [0.1, 0.15) is 16.5 Å². The average Bonchev–Trinajstić information content (AvgIpc) is 3.43. The number of hydrogen-bond donors (Lipinski definition) is 1. The van der Waals surface area contributed by atoms with Gasteiger partial charge in [0.2, 0.25) is 0 Å². The van der Waals surface area contributed by atoms with Gasteiger partial charge in [0.25, 0.3) is 0 Å². The molecule has 5 saturated carbocycles. The fourth-order valence-corrected chi connectivity index (χ4v) is 8.44. The number of benzene rings is 1. The summed E-state index contributed by atoms with van der Waals surface area (Å²) < 4.78 is 39.2. The van der Waals surface area contributed by atoms with E-state index < -0.39 is 21.1 Å². The number of rotatable bonds is 7. The van der Waals surface area contributed by atoms with Gasteiger partial charge in [0.15, 0.2) is 9.84 Å². The molecule has 1 aromatic rings. The predicted octanol–water partition coefficient (Wildman–Crippen LogP) is 4.30. The number of ketones is 1. The van der Waals surface area contributed by atoms with Gasteiger partial charge >= 0.3 is 0 Å². The second-order valence-corrected chi connectivity index (χ2v) is 12.5. The lowest BCUT2D eigenvalue weighted by Crippen LogP contribution is -2.59. The van der Waals surface area contributed by atoms with Gasteiger partial charge in [0, 0.05) is 17.4 Å². The Hall–Kier alpha value is -0.980. The molecule has 0 radical (unpaired) electrons. The Morgan fingerprint density at radius 1 is 1.10 bits per heavy atom. The molecule has 5 aliphatic carbocycles. The van der Waals surface area contributed by atoms with Crippen LogP contribution in [0.5, 0.6) is 0 Å². The maximum absolute atomic E-state index is 13.9. The number of nitrogens with two attached hydrogens (primary N) is 1. The van der Waals surface area contributed by atoms with Gasteiger partial charge in [-0.05, 0) is 87.2 Å². The summed E-state index contributed by atoms with van der Waals surface area (Å²) in [6.07, 6.45) is 8.10. The maximum Gasteiger partial charge on any atom is 0.181 e. The highest BCUT2D eigenvalue weighted by atomic mass is 35.5. The Bertz CT molecular complexity index is 930. The van der Waals surface area contributed by atoms with Crippen LogP contribution in [0.2, 0.25) is 0 Å². The zero-order valence-electron chi connectivity index (χ0n) is 17.2. The third-order valence-corrected chi connectivity index (χ3v) is 10.1. The first-order valence-corrected chi connectivity index (χ1v) is 12.6. The van der Waals surface area contributed by atoms with Gasteiger partial charge in [0.05, 0.1) is 5.75 Å². The van der Waals surface area contributed by atoms with E-state index in [1.54, 1.807) is 0 Å². The summed E-state index contributed by atoms with van der Waals surface area (Å²) in [5.41, 5.74) is 6.10. The molecule has 4 bridgehead atoms. The van der Waals surface area contributed by atoms with E-state index in [1.165, 1.54) is 37.1 Å². The second kappa shape index (κ2) is 7.56. The molecule has 2 atom stereocenters. The van der Waals surface area contributed by atoms with Crippen molar-refractivity contribution in [2.75, 3.05) is 5.75 Å². The summed E-state index contributed by atoms with van der Waals surface area (Å²) >= 11 is 0. The first kappa shape index (κ1) is 22.2. The van der Waals surface area contributed by atoms with E-state index in [0.29, 0.717) is 30.6 Å². The lowest BCUT2D eigenvalue weighted by Gasteiger charge is -2.59. The highest BCUT2D eigenvalue weighted by Crippen LogP contribution is 2.60. The van der Waals surface area contributed by atoms with E-state index in [9.17, 15) is 17.6 Å². The summed E-state index contributed by atoms with van der Waals surface area (Å²) in [5.74, 6) is 1.66. The molecule has 166 valence electrons. The molecule has 30 heavy (non-hydrogen) atoms. The molecule has 4 nitrogen and oxygen atoms in total. The maximum atomic E-state index is 13.9. The summed E-state index contributed by atoms with van der Waals surface area (Å²) in [6.45, 7) is 0. The number of halogens is 2. The monoisotopic (exact) mass is 455 g/mol. The van der Waals surface area contributed by atoms with Crippen molar-refractivity contribution in [1.82, 2.24) is 0 Å². The molecule has 2 N–H and O–H groups in total. The SMILES string of the molecule is Cl.NC12CC3CC(C1)C(CC(=O)C1(CCS(=O)(=O)c4ccccc4F)CC1)C(C3)C2. The number of Topliss-reactive ketones (excluding diaryl/α,β-unsaturated/α-hetero) is 1. The van der Waals surface area contributed by atoms with Gasteiger partial charge < -0.3 is 5.73 Å². The normalized spacial score (nSPS) is 35.7. The van der Waals surface area contributed by atoms with E-state index >= 15 is 0 Å². The molecule has 6 rings (SSSR count). The van der Waals surface area contributed by atoms with Crippen molar-refractivity contribution in [2.45, 2.75) is 68.2 Å². The average molecular weight is 456 g/mol. The van der Waals surface area contributed by atoms with Gasteiger partial charge in [-0.1, -0.05) is 12.1 Å². The lowest BCUT2D eigenvalue weighted by atomic mass is 9.48. The molecule has 0 aromatic heterocycles. The summed E-state index contributed by atoms with van der Waals surface area (Å²) in [7, 11) is -3.72. The van der Waals surface area contributed by atoms with E-state index in [0.717, 1.165) is 38.0 Å². The summed E-state index contributed by atoms with van der Waals surface area (Å²) in [4.78, 5) is 13.0. The minimum absolute atomic E-state index is 0. The van der Waals surface area contributed by atoms with Crippen LogP contribution in [0.4, 0.5) is 4.39 Å². The minimum atomic E-state index is -3.72. The van der Waals surface area contributed by atoms with Crippen LogP contribution < -0.4 is 5.73 Å². The minimum Gasteiger partial charge on any atom is -0.325 e. The summed E-state index contributed by atoms with van der Waals surface area (Å²) in [5, 5.41) is 0. The lowest BCUT2D eigenvalue weighted by molar-refractivity contribution is -0.130. The molecular weight excluding hydrogens is 425 g/mol. The predicted molar refractivity (Wildman–Crippen MR) is 116 cm³/mol. The second-order valence-electron chi connectivity index (χ2n) is 10.4. The van der Waals surface area contributed by atoms with Crippen molar-refractivity contribution >= 4 is 28.0 Å². The molecule has 5 aliphatic rings. The van der Waals surface area contributed by atoms with Crippen LogP contribution in [0.25, 0.3) is 0 Å². The zero-order chi connectivity index (χ0) is 20.4. The quantitative estimate of drug-likeness (QED) is 0.664. The molecule has 0 saturated heterocycles. The first-order valence-electron chi connectivity index (χ1n) is 11.0. The van der Waals surface area contributed by atoms with Crippen LogP contribution in [0, 0.1) is 34.9 Å². The highest BCUT2D eigenvalue weighted by Gasteiger charge is 2.56. The van der Waals surface area contributed by atoms with E-state index in [1.807, 2.05) is 0 Å². The Balaban J connectivity index is 0.00000218. The van der Waals surface area contributed by atoms with E-state index in [4.69, 9.17) is 5.73 Å². The molecule has 0 aliphatic heterocycles. The summed E-state index contributed by atoms with van der Waals surface area (Å²) in [6, 6.07) is 5.49. The molecule has 1 aromatic carbocycles. The van der Waals surface area contributed by atoms with E-state index in [-0.39, 0.29) is 34.4 Å². The Kier molecular flexibility index (Phi) is 5.60. The van der Waals surface area contributed by atoms with Crippen molar-refractivity contribution in [1.29, 1.82) is 0 Å².